The SMILES string of the molecule is COc1ccc2cc1Oc1cc(ccc1O)CCC(=O)N[C@@H]1CN(C(=O)Cn3nc4ccccc4n3)C[C@@H]21. The van der Waals surface area contributed by atoms with E-state index in [2.05, 4.69) is 15.5 Å². The molecule has 4 aromatic rings. The fourth-order valence-electron chi connectivity index (χ4n) is 5.14. The Labute approximate surface area is 218 Å². The second-order valence-electron chi connectivity index (χ2n) is 9.61. The molecule has 0 saturated carbocycles. The molecule has 2 atom stereocenters. The zero-order valence-electron chi connectivity index (χ0n) is 20.8. The summed E-state index contributed by atoms with van der Waals surface area (Å²) in [5.41, 5.74) is 3.21. The lowest BCUT2D eigenvalue weighted by atomic mass is 9.93. The Hall–Kier alpha value is -4.60. The van der Waals surface area contributed by atoms with Crippen molar-refractivity contribution in [3.63, 3.8) is 0 Å². The Morgan fingerprint density at radius 2 is 1.84 bits per heavy atom. The van der Waals surface area contributed by atoms with E-state index in [-0.39, 0.29) is 48.2 Å². The fraction of sp³-hybridized carbons (Fsp3) is 0.286. The molecule has 194 valence electrons. The van der Waals surface area contributed by atoms with Gasteiger partial charge in [-0.1, -0.05) is 24.3 Å². The number of aromatic hydroxyl groups is 1. The smallest absolute Gasteiger partial charge is 0.246 e. The number of nitrogens with one attached hydrogen (secondary N) is 1. The quantitative estimate of drug-likeness (QED) is 0.432. The van der Waals surface area contributed by atoms with Gasteiger partial charge in [0.1, 0.15) is 17.6 Å². The number of likely N-dealkylation sites (tertiary alicyclic amines) is 1. The molecule has 3 heterocycles. The maximum atomic E-state index is 13.3. The molecular formula is C28H27N5O5. The summed E-state index contributed by atoms with van der Waals surface area (Å²) in [6.07, 6.45) is 0.752. The minimum absolute atomic E-state index is 0.00376. The summed E-state index contributed by atoms with van der Waals surface area (Å²) in [6, 6.07) is 17.8. The second kappa shape index (κ2) is 9.70. The first-order valence-electron chi connectivity index (χ1n) is 12.5. The Kier molecular flexibility index (Phi) is 6.07. The molecule has 6 rings (SSSR count). The Morgan fingerprint density at radius 3 is 2.61 bits per heavy atom. The second-order valence-corrected chi connectivity index (χ2v) is 9.61. The van der Waals surface area contributed by atoms with E-state index in [0.29, 0.717) is 31.0 Å². The molecule has 1 fully saturated rings. The molecule has 2 amide bonds. The van der Waals surface area contributed by atoms with Crippen LogP contribution in [-0.4, -0.2) is 63.1 Å². The standard InChI is InChI=1S/C28H27N5O5/c1-37-24-10-8-18-13-26(24)38-25-12-17(6-9-23(25)34)7-11-27(35)29-22-15-32(14-19(18)22)28(36)16-33-30-20-4-2-3-5-21(20)31-33/h2-6,8-10,12-13,19,22,34H,7,11,14-16H2,1H3,(H,29,35)/t19-,22+/m0/s1. The first-order chi connectivity index (χ1) is 18.5. The van der Waals surface area contributed by atoms with Gasteiger partial charge in [0, 0.05) is 25.4 Å². The summed E-state index contributed by atoms with van der Waals surface area (Å²) in [5, 5.41) is 22.4. The molecule has 2 aliphatic heterocycles. The van der Waals surface area contributed by atoms with E-state index in [1.165, 1.54) is 4.80 Å². The third kappa shape index (κ3) is 4.60. The van der Waals surface area contributed by atoms with Crippen molar-refractivity contribution in [2.75, 3.05) is 20.2 Å². The number of aromatic nitrogens is 3. The van der Waals surface area contributed by atoms with Gasteiger partial charge in [-0.05, 0) is 53.9 Å². The number of carbonyl (C=O) groups is 2. The van der Waals surface area contributed by atoms with Crippen LogP contribution < -0.4 is 14.8 Å². The molecule has 0 radical (unpaired) electrons. The predicted molar refractivity (Wildman–Crippen MR) is 138 cm³/mol. The van der Waals surface area contributed by atoms with Crippen LogP contribution in [0.1, 0.15) is 23.5 Å². The number of ether oxygens (including phenoxy) is 2. The van der Waals surface area contributed by atoms with Gasteiger partial charge in [-0.3, -0.25) is 9.59 Å². The minimum atomic E-state index is -0.283. The summed E-state index contributed by atoms with van der Waals surface area (Å²) in [5.74, 6) is 0.845. The monoisotopic (exact) mass is 513 g/mol. The number of benzene rings is 3. The van der Waals surface area contributed by atoms with Gasteiger partial charge in [-0.15, -0.1) is 0 Å². The number of amides is 2. The van der Waals surface area contributed by atoms with Crippen LogP contribution in [0.2, 0.25) is 0 Å². The first kappa shape index (κ1) is 23.8. The third-order valence-corrected chi connectivity index (χ3v) is 7.12. The number of hydrogen-bond acceptors (Lipinski definition) is 7. The van der Waals surface area contributed by atoms with E-state index in [9.17, 15) is 14.7 Å². The van der Waals surface area contributed by atoms with E-state index >= 15 is 0 Å². The molecule has 0 spiro atoms. The molecule has 38 heavy (non-hydrogen) atoms. The van der Waals surface area contributed by atoms with E-state index in [1.54, 1.807) is 36.3 Å². The first-order valence-corrected chi connectivity index (χ1v) is 12.5. The van der Waals surface area contributed by atoms with Gasteiger partial charge in [0.05, 0.1) is 13.2 Å². The molecule has 1 aromatic heterocycles. The van der Waals surface area contributed by atoms with Gasteiger partial charge >= 0.3 is 0 Å². The van der Waals surface area contributed by atoms with Crippen molar-refractivity contribution in [1.82, 2.24) is 25.2 Å². The lowest BCUT2D eigenvalue weighted by Crippen LogP contribution is -2.41. The highest BCUT2D eigenvalue weighted by molar-refractivity contribution is 5.79. The van der Waals surface area contributed by atoms with Gasteiger partial charge in [-0.25, -0.2) is 0 Å². The van der Waals surface area contributed by atoms with Crippen molar-refractivity contribution in [1.29, 1.82) is 0 Å². The number of hydrogen-bond donors (Lipinski definition) is 2. The number of carbonyl (C=O) groups excluding carboxylic acids is 2. The largest absolute Gasteiger partial charge is 0.504 e. The number of rotatable bonds is 3. The van der Waals surface area contributed by atoms with Crippen LogP contribution in [0.3, 0.4) is 0 Å². The average Bonchev–Trinajstić information content (AvgIpc) is 3.52. The summed E-state index contributed by atoms with van der Waals surface area (Å²) in [4.78, 5) is 29.4. The van der Waals surface area contributed by atoms with Gasteiger partial charge in [0.25, 0.3) is 0 Å². The van der Waals surface area contributed by atoms with Gasteiger partial charge in [-0.2, -0.15) is 15.0 Å². The minimum Gasteiger partial charge on any atom is -0.504 e. The summed E-state index contributed by atoms with van der Waals surface area (Å²) >= 11 is 0. The number of phenolic OH excluding ortho intramolecular Hbond substituents is 1. The topological polar surface area (TPSA) is 119 Å². The zero-order chi connectivity index (χ0) is 26.2. The van der Waals surface area contributed by atoms with Crippen molar-refractivity contribution in [2.24, 2.45) is 0 Å². The van der Waals surface area contributed by atoms with Crippen LogP contribution in [0.4, 0.5) is 0 Å². The molecule has 4 bridgehead atoms. The van der Waals surface area contributed by atoms with E-state index < -0.39 is 0 Å². The van der Waals surface area contributed by atoms with Crippen LogP contribution in [0.25, 0.3) is 11.0 Å². The van der Waals surface area contributed by atoms with Gasteiger partial charge < -0.3 is 24.8 Å². The average molecular weight is 514 g/mol. The molecule has 10 nitrogen and oxygen atoms in total. The van der Waals surface area contributed by atoms with Crippen LogP contribution in [0.5, 0.6) is 23.0 Å². The van der Waals surface area contributed by atoms with Crippen molar-refractivity contribution < 1.29 is 24.2 Å². The normalized spacial score (nSPS) is 19.0. The lowest BCUT2D eigenvalue weighted by molar-refractivity contribution is -0.131. The maximum Gasteiger partial charge on any atom is 0.246 e. The number of aryl methyl sites for hydroxylation is 1. The lowest BCUT2D eigenvalue weighted by Gasteiger charge is -2.21. The Morgan fingerprint density at radius 1 is 1.05 bits per heavy atom. The predicted octanol–water partition coefficient (Wildman–Crippen LogP) is 2.99. The Bertz CT molecular complexity index is 1500. The number of nitrogens with zero attached hydrogens (tertiary/aromatic N) is 4. The van der Waals surface area contributed by atoms with E-state index in [0.717, 1.165) is 22.2 Å². The fourth-order valence-corrected chi connectivity index (χ4v) is 5.14. The van der Waals surface area contributed by atoms with Crippen LogP contribution in [-0.2, 0) is 22.6 Å². The van der Waals surface area contributed by atoms with Crippen LogP contribution in [0, 0.1) is 0 Å². The molecule has 0 aliphatic carbocycles. The maximum absolute atomic E-state index is 13.3. The molecule has 2 N–H and O–H groups in total. The Balaban J connectivity index is 1.30. The van der Waals surface area contributed by atoms with Crippen molar-refractivity contribution in [3.05, 3.63) is 71.8 Å². The van der Waals surface area contributed by atoms with Crippen molar-refractivity contribution >= 4 is 22.8 Å². The highest BCUT2D eigenvalue weighted by Crippen LogP contribution is 2.40. The number of phenols is 1. The highest BCUT2D eigenvalue weighted by Gasteiger charge is 2.37. The van der Waals surface area contributed by atoms with E-state index in [1.807, 2.05) is 36.4 Å². The van der Waals surface area contributed by atoms with Crippen LogP contribution >= 0.6 is 0 Å². The number of methoxy groups -OCH3 is 1. The molecular weight excluding hydrogens is 486 g/mol. The van der Waals surface area contributed by atoms with Crippen LogP contribution in [0.15, 0.2) is 60.7 Å². The van der Waals surface area contributed by atoms with E-state index in [4.69, 9.17) is 9.47 Å². The summed E-state index contributed by atoms with van der Waals surface area (Å²) < 4.78 is 11.6. The molecule has 2 aliphatic rings. The van der Waals surface area contributed by atoms with Gasteiger partial charge in [0.15, 0.2) is 23.0 Å². The molecule has 3 aromatic carbocycles. The van der Waals surface area contributed by atoms with Crippen molar-refractivity contribution in [2.45, 2.75) is 31.3 Å². The van der Waals surface area contributed by atoms with Crippen molar-refractivity contribution in [3.8, 4) is 23.0 Å². The number of fused-ring (bicyclic) bond motifs is 7. The molecule has 0 unspecified atom stereocenters. The zero-order valence-corrected chi connectivity index (χ0v) is 20.8. The molecule has 1 saturated heterocycles. The summed E-state index contributed by atoms with van der Waals surface area (Å²) in [6.45, 7) is 0.787. The molecule has 10 heteroatoms. The third-order valence-electron chi connectivity index (χ3n) is 7.12. The summed E-state index contributed by atoms with van der Waals surface area (Å²) in [7, 11) is 1.55. The highest BCUT2D eigenvalue weighted by atomic mass is 16.5. The van der Waals surface area contributed by atoms with Gasteiger partial charge in [0.2, 0.25) is 11.8 Å².